The van der Waals surface area contributed by atoms with E-state index >= 15 is 0 Å². The summed E-state index contributed by atoms with van der Waals surface area (Å²) in [6.45, 7) is 1.71. The van der Waals surface area contributed by atoms with Gasteiger partial charge in [0.25, 0.3) is 11.9 Å². The molecule has 3 aromatic rings. The molecule has 0 aliphatic carbocycles. The van der Waals surface area contributed by atoms with E-state index in [1.165, 1.54) is 0 Å². The lowest BCUT2D eigenvalue weighted by atomic mass is 10.1. The van der Waals surface area contributed by atoms with Crippen LogP contribution in [0.5, 0.6) is 0 Å². The van der Waals surface area contributed by atoms with E-state index < -0.39 is 0 Å². The number of aromatic amines is 1. The highest BCUT2D eigenvalue weighted by atomic mass is 35.5. The first-order valence-corrected chi connectivity index (χ1v) is 8.19. The third-order valence-electron chi connectivity index (χ3n) is 3.70. The van der Waals surface area contributed by atoms with Crippen LogP contribution in [0.4, 0.5) is 5.95 Å². The predicted octanol–water partition coefficient (Wildman–Crippen LogP) is 3.57. The summed E-state index contributed by atoms with van der Waals surface area (Å²) >= 11 is 12.0. The molecular weight excluding hydrogens is 379 g/mol. The van der Waals surface area contributed by atoms with Crippen LogP contribution in [-0.4, -0.2) is 32.2 Å². The molecule has 1 aliphatic rings. The second-order valence-electron chi connectivity index (χ2n) is 5.40. The van der Waals surface area contributed by atoms with Gasteiger partial charge in [-0.1, -0.05) is 28.3 Å². The minimum Gasteiger partial charge on any atom is -0.457 e. The summed E-state index contributed by atoms with van der Waals surface area (Å²) in [5.74, 6) is 0.814. The number of hydrogen-bond acceptors (Lipinski definition) is 6. The molecule has 0 spiro atoms. The zero-order valence-corrected chi connectivity index (χ0v) is 14.8. The third kappa shape index (κ3) is 2.89. The molecule has 4 rings (SSSR count). The lowest BCUT2D eigenvalue weighted by molar-refractivity contribution is -0.114. The topological polar surface area (TPSA) is 100 Å². The monoisotopic (exact) mass is 388 g/mol. The van der Waals surface area contributed by atoms with Gasteiger partial charge in [-0.15, -0.1) is 5.10 Å². The molecule has 0 radical (unpaired) electrons. The normalized spacial score (nSPS) is 15.8. The number of carbonyl (C=O) groups excluding carboxylic acids is 1. The van der Waals surface area contributed by atoms with Crippen LogP contribution in [0.15, 0.2) is 45.4 Å². The number of H-pyrrole nitrogens is 1. The van der Waals surface area contributed by atoms with Gasteiger partial charge in [-0.25, -0.2) is 0 Å². The van der Waals surface area contributed by atoms with Crippen molar-refractivity contribution in [3.63, 3.8) is 0 Å². The van der Waals surface area contributed by atoms with Crippen LogP contribution in [-0.2, 0) is 4.79 Å². The maximum atomic E-state index is 12.5. The fraction of sp³-hybridized carbons (Fsp3) is 0.0625. The van der Waals surface area contributed by atoms with Gasteiger partial charge < -0.3 is 4.42 Å². The Bertz CT molecular complexity index is 1050. The Morgan fingerprint density at radius 1 is 1.19 bits per heavy atom. The number of nitrogens with zero attached hydrogens (tertiary/aromatic N) is 5. The number of aromatic nitrogens is 4. The highest BCUT2D eigenvalue weighted by Gasteiger charge is 2.31. The van der Waals surface area contributed by atoms with Gasteiger partial charge >= 0.3 is 0 Å². The van der Waals surface area contributed by atoms with E-state index in [1.807, 2.05) is 0 Å². The Morgan fingerprint density at radius 3 is 2.77 bits per heavy atom. The second kappa shape index (κ2) is 6.40. The summed E-state index contributed by atoms with van der Waals surface area (Å²) in [6.07, 6.45) is 1.61. The van der Waals surface area contributed by atoms with Crippen molar-refractivity contribution in [2.75, 3.05) is 5.01 Å². The molecule has 0 fully saturated rings. The Morgan fingerprint density at radius 2 is 2.04 bits per heavy atom. The predicted molar refractivity (Wildman–Crippen MR) is 96.9 cm³/mol. The number of tetrazole rings is 1. The average molecular weight is 389 g/mol. The zero-order chi connectivity index (χ0) is 18.3. The first-order valence-electron chi connectivity index (χ1n) is 7.43. The van der Waals surface area contributed by atoms with Gasteiger partial charge in [0.2, 0.25) is 0 Å². The number of benzene rings is 1. The minimum atomic E-state index is -0.364. The number of furan rings is 1. The molecule has 1 amide bonds. The minimum absolute atomic E-state index is 0.0775. The van der Waals surface area contributed by atoms with E-state index in [0.717, 1.165) is 10.6 Å². The fourth-order valence-electron chi connectivity index (χ4n) is 2.44. The maximum Gasteiger partial charge on any atom is 0.293 e. The van der Waals surface area contributed by atoms with Crippen molar-refractivity contribution in [2.24, 2.45) is 5.10 Å². The van der Waals surface area contributed by atoms with Crippen molar-refractivity contribution in [3.05, 3.63) is 51.7 Å². The van der Waals surface area contributed by atoms with Gasteiger partial charge in [-0.3, -0.25) is 4.79 Å². The summed E-state index contributed by atoms with van der Waals surface area (Å²) in [5.41, 5.74) is 1.68. The average Bonchev–Trinajstić information content (AvgIpc) is 3.35. The van der Waals surface area contributed by atoms with Gasteiger partial charge in [0.05, 0.1) is 21.3 Å². The van der Waals surface area contributed by atoms with E-state index in [9.17, 15) is 4.79 Å². The summed E-state index contributed by atoms with van der Waals surface area (Å²) in [7, 11) is 0. The number of hydrazone groups is 1. The molecule has 0 atom stereocenters. The summed E-state index contributed by atoms with van der Waals surface area (Å²) < 4.78 is 5.80. The molecule has 1 aromatic carbocycles. The van der Waals surface area contributed by atoms with E-state index in [4.69, 9.17) is 27.6 Å². The number of carbonyl (C=O) groups is 1. The SMILES string of the molecule is CC1=NN(c2nn[nH]n2)C(=O)/C1=C\c1ccc(-c2ccc(Cl)c(Cl)c2)o1. The van der Waals surface area contributed by atoms with Gasteiger partial charge in [0.1, 0.15) is 11.5 Å². The Hall–Kier alpha value is -2.97. The quantitative estimate of drug-likeness (QED) is 0.691. The number of hydrogen-bond donors (Lipinski definition) is 1. The van der Waals surface area contributed by atoms with Crippen molar-refractivity contribution in [3.8, 4) is 11.3 Å². The van der Waals surface area contributed by atoms with Gasteiger partial charge in [-0.05, 0) is 48.5 Å². The van der Waals surface area contributed by atoms with Crippen LogP contribution in [0, 0.1) is 0 Å². The lowest BCUT2D eigenvalue weighted by Gasteiger charge is -2.04. The van der Waals surface area contributed by atoms with Crippen molar-refractivity contribution < 1.29 is 9.21 Å². The molecule has 8 nitrogen and oxygen atoms in total. The Labute approximate surface area is 157 Å². The second-order valence-corrected chi connectivity index (χ2v) is 6.22. The van der Waals surface area contributed by atoms with Crippen molar-refractivity contribution >= 4 is 46.8 Å². The third-order valence-corrected chi connectivity index (χ3v) is 4.44. The molecule has 130 valence electrons. The van der Waals surface area contributed by atoms with Crippen LogP contribution < -0.4 is 5.01 Å². The molecular formula is C16H10Cl2N6O2. The molecule has 2 aromatic heterocycles. The number of amides is 1. The Balaban J connectivity index is 1.63. The molecule has 26 heavy (non-hydrogen) atoms. The van der Waals surface area contributed by atoms with E-state index in [-0.39, 0.29) is 11.9 Å². The smallest absolute Gasteiger partial charge is 0.293 e. The molecule has 0 unspecified atom stereocenters. The lowest BCUT2D eigenvalue weighted by Crippen LogP contribution is -2.22. The highest BCUT2D eigenvalue weighted by Crippen LogP contribution is 2.30. The standard InChI is InChI=1S/C16H10Cl2N6O2/c1-8-11(15(25)24(21-8)16-19-22-23-20-16)7-10-3-5-14(26-10)9-2-4-12(17)13(18)6-9/h2-7H,1H3,(H,19,20,22,23)/b11-7-. The molecule has 10 heteroatoms. The van der Waals surface area contributed by atoms with Gasteiger partial charge in [0, 0.05) is 5.56 Å². The van der Waals surface area contributed by atoms with Crippen LogP contribution >= 0.6 is 23.2 Å². The summed E-state index contributed by atoms with van der Waals surface area (Å²) in [5, 5.41) is 19.4. The van der Waals surface area contributed by atoms with Crippen LogP contribution in [0.1, 0.15) is 12.7 Å². The summed E-state index contributed by atoms with van der Waals surface area (Å²) in [6, 6.07) is 8.75. The van der Waals surface area contributed by atoms with Crippen LogP contribution in [0.25, 0.3) is 17.4 Å². The first-order chi connectivity index (χ1) is 12.5. The number of rotatable bonds is 3. The molecule has 0 saturated carbocycles. The molecule has 1 N–H and O–H groups in total. The number of anilines is 1. The van der Waals surface area contributed by atoms with Crippen LogP contribution in [0.2, 0.25) is 10.0 Å². The zero-order valence-electron chi connectivity index (χ0n) is 13.3. The van der Waals surface area contributed by atoms with Gasteiger partial charge in [-0.2, -0.15) is 15.3 Å². The highest BCUT2D eigenvalue weighted by molar-refractivity contribution is 6.42. The fourth-order valence-corrected chi connectivity index (χ4v) is 2.74. The number of nitrogens with one attached hydrogen (secondary N) is 1. The molecule has 0 saturated heterocycles. The molecule has 0 bridgehead atoms. The number of halogens is 2. The molecule has 3 heterocycles. The largest absolute Gasteiger partial charge is 0.457 e. The van der Waals surface area contributed by atoms with Crippen molar-refractivity contribution in [2.45, 2.75) is 6.92 Å². The van der Waals surface area contributed by atoms with Crippen molar-refractivity contribution in [1.82, 2.24) is 20.6 Å². The summed E-state index contributed by atoms with van der Waals surface area (Å²) in [4.78, 5) is 12.5. The van der Waals surface area contributed by atoms with E-state index in [0.29, 0.717) is 32.9 Å². The van der Waals surface area contributed by atoms with E-state index in [2.05, 4.69) is 25.7 Å². The Kier molecular flexibility index (Phi) is 4.06. The molecule has 1 aliphatic heterocycles. The van der Waals surface area contributed by atoms with E-state index in [1.54, 1.807) is 43.3 Å². The van der Waals surface area contributed by atoms with Crippen molar-refractivity contribution in [1.29, 1.82) is 0 Å². The van der Waals surface area contributed by atoms with Crippen LogP contribution in [0.3, 0.4) is 0 Å². The first kappa shape index (κ1) is 16.5. The van der Waals surface area contributed by atoms with Gasteiger partial charge in [0.15, 0.2) is 0 Å². The maximum absolute atomic E-state index is 12.5.